The second-order valence-corrected chi connectivity index (χ2v) is 10.8. The SMILES string of the molecule is CC(=N)C\C(=C/C=C(C)/C(C)=C/SC(=N)NC(=O)CNC(=O)OC(C)(C)C)CCC(=O)OCc1ccccc1. The van der Waals surface area contributed by atoms with Crippen LogP contribution in [0.5, 0.6) is 0 Å². The van der Waals surface area contributed by atoms with E-state index in [1.807, 2.05) is 56.3 Å². The summed E-state index contributed by atoms with van der Waals surface area (Å²) in [6, 6.07) is 9.50. The summed E-state index contributed by atoms with van der Waals surface area (Å²) in [5.74, 6) is -0.823. The molecule has 0 heterocycles. The topological polar surface area (TPSA) is 141 Å². The van der Waals surface area contributed by atoms with Crippen molar-refractivity contribution >= 4 is 40.6 Å². The van der Waals surface area contributed by atoms with Gasteiger partial charge in [0.15, 0.2) is 5.17 Å². The Kier molecular flexibility index (Phi) is 14.6. The van der Waals surface area contributed by atoms with Gasteiger partial charge >= 0.3 is 12.1 Å². The molecule has 0 aliphatic heterocycles. The molecule has 0 aliphatic rings. The van der Waals surface area contributed by atoms with Crippen molar-refractivity contribution in [3.63, 3.8) is 0 Å². The van der Waals surface area contributed by atoms with Crippen molar-refractivity contribution in [2.75, 3.05) is 6.54 Å². The van der Waals surface area contributed by atoms with Crippen molar-refractivity contribution in [1.29, 1.82) is 10.8 Å². The third kappa shape index (κ3) is 16.7. The average Bonchev–Trinajstić information content (AvgIpc) is 2.85. The quantitative estimate of drug-likeness (QED) is 0.107. The van der Waals surface area contributed by atoms with E-state index in [1.165, 1.54) is 0 Å². The van der Waals surface area contributed by atoms with E-state index in [4.69, 9.17) is 20.3 Å². The number of benzene rings is 1. The second-order valence-electron chi connectivity index (χ2n) is 9.93. The molecule has 0 radical (unpaired) electrons. The number of amidine groups is 1. The van der Waals surface area contributed by atoms with E-state index in [0.717, 1.165) is 34.0 Å². The van der Waals surface area contributed by atoms with E-state index in [1.54, 1.807) is 33.1 Å². The molecule has 39 heavy (non-hydrogen) atoms. The van der Waals surface area contributed by atoms with Crippen LogP contribution in [0.15, 0.2) is 64.6 Å². The molecular weight excluding hydrogens is 516 g/mol. The smallest absolute Gasteiger partial charge is 0.408 e. The normalized spacial score (nSPS) is 12.4. The fourth-order valence-electron chi connectivity index (χ4n) is 2.93. The summed E-state index contributed by atoms with van der Waals surface area (Å²) < 4.78 is 10.4. The van der Waals surface area contributed by atoms with Gasteiger partial charge in [0, 0.05) is 18.6 Å². The lowest BCUT2D eigenvalue weighted by atomic mass is 10.0. The molecule has 0 spiro atoms. The van der Waals surface area contributed by atoms with Crippen molar-refractivity contribution in [1.82, 2.24) is 10.6 Å². The highest BCUT2D eigenvalue weighted by Gasteiger charge is 2.16. The molecule has 0 atom stereocenters. The minimum Gasteiger partial charge on any atom is -0.461 e. The molecule has 1 aromatic rings. The van der Waals surface area contributed by atoms with E-state index in [2.05, 4.69) is 10.6 Å². The Morgan fingerprint density at radius 3 is 2.26 bits per heavy atom. The van der Waals surface area contributed by atoms with Crippen molar-refractivity contribution in [3.05, 3.63) is 70.2 Å². The number of allylic oxidation sites excluding steroid dienone is 5. The maximum atomic E-state index is 12.2. The van der Waals surface area contributed by atoms with Gasteiger partial charge in [-0.25, -0.2) is 4.79 Å². The Morgan fingerprint density at radius 1 is 0.974 bits per heavy atom. The Morgan fingerprint density at radius 2 is 1.64 bits per heavy atom. The number of carbonyl (C=O) groups is 3. The number of rotatable bonds is 12. The van der Waals surface area contributed by atoms with Crippen molar-refractivity contribution in [3.8, 4) is 0 Å². The highest BCUT2D eigenvalue weighted by Crippen LogP contribution is 2.18. The van der Waals surface area contributed by atoms with Crippen LogP contribution in [-0.2, 0) is 25.7 Å². The number of thioether (sulfide) groups is 1. The van der Waals surface area contributed by atoms with Crippen LogP contribution >= 0.6 is 11.8 Å². The number of hydrogen-bond donors (Lipinski definition) is 4. The zero-order valence-corrected chi connectivity index (χ0v) is 24.4. The van der Waals surface area contributed by atoms with Crippen LogP contribution in [0, 0.1) is 10.8 Å². The van der Waals surface area contributed by atoms with Gasteiger partial charge in [-0.2, -0.15) is 0 Å². The summed E-state index contributed by atoms with van der Waals surface area (Å²) >= 11 is 1.04. The monoisotopic (exact) mass is 556 g/mol. The van der Waals surface area contributed by atoms with Gasteiger partial charge in [0.05, 0.1) is 0 Å². The van der Waals surface area contributed by atoms with E-state index in [0.29, 0.717) is 18.6 Å². The zero-order valence-electron chi connectivity index (χ0n) is 23.6. The molecular formula is C29H40N4O5S. The first-order valence-corrected chi connectivity index (χ1v) is 13.4. The molecule has 4 N–H and O–H groups in total. The van der Waals surface area contributed by atoms with Crippen LogP contribution in [0.2, 0.25) is 0 Å². The molecule has 0 aliphatic carbocycles. The summed E-state index contributed by atoms with van der Waals surface area (Å²) in [7, 11) is 0. The van der Waals surface area contributed by atoms with Gasteiger partial charge in [-0.05, 0) is 70.1 Å². The minimum atomic E-state index is -0.706. The molecule has 9 nitrogen and oxygen atoms in total. The standard InChI is InChI=1S/C29H40N4O5S/c1-20(21(2)19-39-27(31)33-25(34)17-32-28(36)38-29(4,5)6)12-13-23(16-22(3)30)14-15-26(35)37-18-24-10-8-7-9-11-24/h7-13,19,30H,14-18H2,1-6H3,(H,32,36)(H2,31,33,34)/b20-12+,21-19+,23-13-,30-22?. The van der Waals surface area contributed by atoms with Gasteiger partial charge in [-0.3, -0.25) is 15.0 Å². The fourth-order valence-corrected chi connectivity index (χ4v) is 3.58. The molecule has 2 amide bonds. The summed E-state index contributed by atoms with van der Waals surface area (Å²) in [6.07, 6.45) is 4.29. The lowest BCUT2D eigenvalue weighted by molar-refractivity contribution is -0.144. The highest BCUT2D eigenvalue weighted by molar-refractivity contribution is 8.16. The van der Waals surface area contributed by atoms with Crippen LogP contribution in [0.3, 0.4) is 0 Å². The fraction of sp³-hybridized carbons (Fsp3) is 0.414. The number of ether oxygens (including phenoxy) is 2. The Hall–Kier alpha value is -3.66. The molecule has 0 aromatic heterocycles. The van der Waals surface area contributed by atoms with Gasteiger partial charge in [0.25, 0.3) is 0 Å². The average molecular weight is 557 g/mol. The lowest BCUT2D eigenvalue weighted by Gasteiger charge is -2.19. The predicted octanol–water partition coefficient (Wildman–Crippen LogP) is 6.03. The van der Waals surface area contributed by atoms with Crippen molar-refractivity contribution in [2.45, 2.75) is 73.0 Å². The molecule has 1 rings (SSSR count). The largest absolute Gasteiger partial charge is 0.461 e. The Bertz CT molecular complexity index is 1120. The van der Waals surface area contributed by atoms with Crippen molar-refractivity contribution < 1.29 is 23.9 Å². The van der Waals surface area contributed by atoms with Gasteiger partial charge < -0.3 is 25.5 Å². The van der Waals surface area contributed by atoms with Crippen LogP contribution in [0.1, 0.15) is 66.4 Å². The molecule has 212 valence electrons. The molecule has 0 unspecified atom stereocenters. The molecule has 10 heteroatoms. The van der Waals surface area contributed by atoms with Crippen LogP contribution in [0.4, 0.5) is 4.79 Å². The molecule has 0 fully saturated rings. The van der Waals surface area contributed by atoms with Crippen LogP contribution in [-0.4, -0.2) is 41.0 Å². The number of esters is 1. The first kappa shape index (κ1) is 33.4. The third-order valence-electron chi connectivity index (χ3n) is 4.97. The van der Waals surface area contributed by atoms with Crippen LogP contribution < -0.4 is 10.6 Å². The van der Waals surface area contributed by atoms with Gasteiger partial charge in [0.1, 0.15) is 18.8 Å². The first-order valence-electron chi connectivity index (χ1n) is 12.5. The Labute approximate surface area is 235 Å². The highest BCUT2D eigenvalue weighted by atomic mass is 32.2. The number of hydrogen-bond acceptors (Lipinski definition) is 8. The van der Waals surface area contributed by atoms with E-state index in [9.17, 15) is 14.4 Å². The van der Waals surface area contributed by atoms with Crippen LogP contribution in [0.25, 0.3) is 0 Å². The molecule has 1 aromatic carbocycles. The summed E-state index contributed by atoms with van der Waals surface area (Å²) in [4.78, 5) is 35.8. The predicted molar refractivity (Wildman–Crippen MR) is 157 cm³/mol. The number of nitrogens with one attached hydrogen (secondary N) is 4. The zero-order chi connectivity index (χ0) is 29.4. The third-order valence-corrected chi connectivity index (χ3v) is 5.78. The summed E-state index contributed by atoms with van der Waals surface area (Å²) in [5, 5.41) is 22.2. The number of amides is 2. The van der Waals surface area contributed by atoms with E-state index < -0.39 is 17.6 Å². The lowest BCUT2D eigenvalue weighted by Crippen LogP contribution is -2.40. The van der Waals surface area contributed by atoms with Crippen molar-refractivity contribution in [2.24, 2.45) is 0 Å². The minimum absolute atomic E-state index is 0.0807. The molecule has 0 saturated carbocycles. The van der Waals surface area contributed by atoms with Gasteiger partial charge in [-0.15, -0.1) is 0 Å². The molecule has 0 bridgehead atoms. The number of alkyl carbamates (subject to hydrolysis) is 1. The Balaban J connectivity index is 2.60. The first-order chi connectivity index (χ1) is 18.2. The summed E-state index contributed by atoms with van der Waals surface area (Å²) in [6.45, 7) is 10.6. The van der Waals surface area contributed by atoms with Gasteiger partial charge in [-0.1, -0.05) is 59.8 Å². The van der Waals surface area contributed by atoms with E-state index >= 15 is 0 Å². The maximum absolute atomic E-state index is 12.2. The molecule has 0 saturated heterocycles. The maximum Gasteiger partial charge on any atom is 0.408 e. The number of carbonyl (C=O) groups excluding carboxylic acids is 3. The van der Waals surface area contributed by atoms with E-state index in [-0.39, 0.29) is 30.7 Å². The second kappa shape index (κ2) is 17.0. The summed E-state index contributed by atoms with van der Waals surface area (Å²) in [5.41, 5.74) is 3.52. The van der Waals surface area contributed by atoms with Gasteiger partial charge in [0.2, 0.25) is 5.91 Å².